The molecule has 1 aromatic carbocycles. The van der Waals surface area contributed by atoms with Crippen LogP contribution in [0.3, 0.4) is 0 Å². The first-order valence-corrected chi connectivity index (χ1v) is 12.7. The highest BCUT2D eigenvalue weighted by Gasteiger charge is 2.51. The van der Waals surface area contributed by atoms with Gasteiger partial charge in [-0.25, -0.2) is 0 Å². The first kappa shape index (κ1) is 26.7. The molecule has 3 aliphatic rings. The van der Waals surface area contributed by atoms with Gasteiger partial charge in [-0.05, 0) is 55.7 Å². The van der Waals surface area contributed by atoms with Crippen molar-refractivity contribution in [1.82, 2.24) is 14.7 Å². The van der Waals surface area contributed by atoms with Crippen LogP contribution in [-0.4, -0.2) is 82.4 Å². The largest absolute Gasteiger partial charge is 0.417 e. The molecule has 0 aromatic heterocycles. The second-order valence-corrected chi connectivity index (χ2v) is 10.6. The van der Waals surface area contributed by atoms with Crippen LogP contribution in [0.2, 0.25) is 5.02 Å². The summed E-state index contributed by atoms with van der Waals surface area (Å²) in [5.41, 5.74) is -0.580. The molecule has 7 nitrogen and oxygen atoms in total. The highest BCUT2D eigenvalue weighted by molar-refractivity contribution is 6.31. The van der Waals surface area contributed by atoms with E-state index in [9.17, 15) is 32.7 Å². The van der Waals surface area contributed by atoms with Crippen molar-refractivity contribution in [3.8, 4) is 0 Å². The van der Waals surface area contributed by atoms with Crippen LogP contribution in [0.5, 0.6) is 0 Å². The quantitative estimate of drug-likeness (QED) is 0.614. The summed E-state index contributed by atoms with van der Waals surface area (Å²) in [6.07, 6.45) is -1.51. The summed E-state index contributed by atoms with van der Waals surface area (Å²) < 4.78 is 38.7. The standard InChI is InChI=1S/C25H31ClF3N3O4/c1-16-23(36)30(9-2-3-21(34)31-10-8-24(6-7-24)20(33)15-31)11-12-32(16)22(35)14-17-4-5-18(19(26)13-17)25(27,28)29/h4-5,13,16,20,33H,2-3,6-12,14-15H2,1H3/t16-,20+/m0/s1. The summed E-state index contributed by atoms with van der Waals surface area (Å²) in [5.74, 6) is -0.607. The Morgan fingerprint density at radius 3 is 2.47 bits per heavy atom. The number of nitrogens with zero attached hydrogens (tertiary/aromatic N) is 3. The van der Waals surface area contributed by atoms with E-state index < -0.39 is 28.9 Å². The molecule has 2 atom stereocenters. The maximum Gasteiger partial charge on any atom is 0.417 e. The number of piperazine rings is 1. The number of amides is 3. The maximum absolute atomic E-state index is 12.9. The molecule has 0 radical (unpaired) electrons. The smallest absolute Gasteiger partial charge is 0.391 e. The number of rotatable bonds is 6. The number of hydrogen-bond donors (Lipinski definition) is 1. The van der Waals surface area contributed by atoms with Crippen molar-refractivity contribution in [3.05, 3.63) is 34.3 Å². The molecule has 0 unspecified atom stereocenters. The molecular formula is C25H31ClF3N3O4. The molecule has 0 bridgehead atoms. The molecule has 2 aliphatic heterocycles. The number of β-amino-alcohol motifs (C(OH)–C–C–N with tert-alkyl or cyclic N) is 1. The van der Waals surface area contributed by atoms with Crippen LogP contribution in [0, 0.1) is 5.41 Å². The van der Waals surface area contributed by atoms with E-state index in [1.165, 1.54) is 11.0 Å². The number of alkyl halides is 3. The number of halogens is 4. The van der Waals surface area contributed by atoms with E-state index in [4.69, 9.17) is 11.6 Å². The van der Waals surface area contributed by atoms with Crippen molar-refractivity contribution in [3.63, 3.8) is 0 Å². The summed E-state index contributed by atoms with van der Waals surface area (Å²) in [6, 6.07) is 2.50. The van der Waals surface area contributed by atoms with E-state index in [0.29, 0.717) is 44.7 Å². The van der Waals surface area contributed by atoms with Gasteiger partial charge in [0.2, 0.25) is 17.7 Å². The Kier molecular flexibility index (Phi) is 7.57. The minimum atomic E-state index is -4.57. The summed E-state index contributed by atoms with van der Waals surface area (Å²) in [5, 5.41) is 9.83. The van der Waals surface area contributed by atoms with Gasteiger partial charge < -0.3 is 19.8 Å². The van der Waals surface area contributed by atoms with Gasteiger partial charge in [-0.2, -0.15) is 13.2 Å². The number of aliphatic hydroxyl groups is 1. The second kappa shape index (κ2) is 10.2. The van der Waals surface area contributed by atoms with Crippen LogP contribution in [0.15, 0.2) is 18.2 Å². The second-order valence-electron chi connectivity index (χ2n) is 10.1. The predicted molar refractivity (Wildman–Crippen MR) is 126 cm³/mol. The van der Waals surface area contributed by atoms with Crippen LogP contribution in [0.4, 0.5) is 13.2 Å². The summed E-state index contributed by atoms with van der Waals surface area (Å²) >= 11 is 5.75. The van der Waals surface area contributed by atoms with Gasteiger partial charge in [-0.3, -0.25) is 14.4 Å². The third-order valence-corrected chi connectivity index (χ3v) is 8.12. The lowest BCUT2D eigenvalue weighted by molar-refractivity contribution is -0.150. The highest BCUT2D eigenvalue weighted by Crippen LogP contribution is 2.53. The van der Waals surface area contributed by atoms with E-state index >= 15 is 0 Å². The van der Waals surface area contributed by atoms with Gasteiger partial charge in [-0.1, -0.05) is 17.7 Å². The van der Waals surface area contributed by atoms with E-state index in [0.717, 1.165) is 31.4 Å². The zero-order chi connectivity index (χ0) is 26.3. The average Bonchev–Trinajstić information content (AvgIpc) is 3.58. The van der Waals surface area contributed by atoms with Gasteiger partial charge >= 0.3 is 6.18 Å². The lowest BCUT2D eigenvalue weighted by atomic mass is 9.90. The molecule has 4 rings (SSSR count). The van der Waals surface area contributed by atoms with Crippen molar-refractivity contribution >= 4 is 29.3 Å². The highest BCUT2D eigenvalue weighted by atomic mass is 35.5. The fraction of sp³-hybridized carbons (Fsp3) is 0.640. The Bertz CT molecular complexity index is 1030. The molecule has 1 saturated carbocycles. The summed E-state index contributed by atoms with van der Waals surface area (Å²) in [4.78, 5) is 43.0. The van der Waals surface area contributed by atoms with Crippen LogP contribution < -0.4 is 0 Å². The normalized spacial score (nSPS) is 23.8. The first-order valence-electron chi connectivity index (χ1n) is 12.3. The van der Waals surface area contributed by atoms with Crippen LogP contribution >= 0.6 is 11.6 Å². The summed E-state index contributed by atoms with van der Waals surface area (Å²) in [6.45, 7) is 3.68. The fourth-order valence-corrected chi connectivity index (χ4v) is 5.54. The molecule has 2 heterocycles. The molecule has 1 spiro atoms. The lowest BCUT2D eigenvalue weighted by Crippen LogP contribution is -2.58. The molecule has 11 heteroatoms. The molecule has 3 amide bonds. The zero-order valence-electron chi connectivity index (χ0n) is 20.2. The number of likely N-dealkylation sites (tertiary alicyclic amines) is 1. The predicted octanol–water partition coefficient (Wildman–Crippen LogP) is 3.11. The minimum Gasteiger partial charge on any atom is -0.391 e. The van der Waals surface area contributed by atoms with Crippen molar-refractivity contribution in [1.29, 1.82) is 0 Å². The molecule has 3 fully saturated rings. The van der Waals surface area contributed by atoms with E-state index in [1.54, 1.807) is 16.7 Å². The van der Waals surface area contributed by atoms with Gasteiger partial charge in [0, 0.05) is 39.1 Å². The monoisotopic (exact) mass is 529 g/mol. The van der Waals surface area contributed by atoms with Gasteiger partial charge in [0.25, 0.3) is 0 Å². The lowest BCUT2D eigenvalue weighted by Gasteiger charge is -2.39. The van der Waals surface area contributed by atoms with Gasteiger partial charge in [0.15, 0.2) is 0 Å². The number of carbonyl (C=O) groups is 3. The SMILES string of the molecule is C[C@H]1C(=O)N(CCCC(=O)N2CCC3(CC3)[C@H](O)C2)CCN1C(=O)Cc1ccc(C(F)(F)F)c(Cl)c1. The number of benzene rings is 1. The van der Waals surface area contributed by atoms with E-state index in [2.05, 4.69) is 0 Å². The Morgan fingerprint density at radius 1 is 1.14 bits per heavy atom. The topological polar surface area (TPSA) is 81.2 Å². The van der Waals surface area contributed by atoms with Crippen molar-refractivity contribution in [2.24, 2.45) is 5.41 Å². The number of piperidine rings is 1. The number of carbonyl (C=O) groups excluding carboxylic acids is 3. The molecule has 198 valence electrons. The molecule has 1 N–H and O–H groups in total. The van der Waals surface area contributed by atoms with Crippen LogP contribution in [-0.2, 0) is 27.0 Å². The fourth-order valence-electron chi connectivity index (χ4n) is 5.23. The minimum absolute atomic E-state index is 0.0194. The van der Waals surface area contributed by atoms with Crippen LogP contribution in [0.1, 0.15) is 50.2 Å². The first-order chi connectivity index (χ1) is 16.9. The van der Waals surface area contributed by atoms with Gasteiger partial charge in [0.05, 0.1) is 23.1 Å². The number of hydrogen-bond acceptors (Lipinski definition) is 4. The van der Waals surface area contributed by atoms with Crippen molar-refractivity contribution in [2.75, 3.05) is 32.7 Å². The van der Waals surface area contributed by atoms with Gasteiger partial charge in [0.1, 0.15) is 6.04 Å². The average molecular weight is 530 g/mol. The molecule has 36 heavy (non-hydrogen) atoms. The maximum atomic E-state index is 12.9. The van der Waals surface area contributed by atoms with E-state index in [-0.39, 0.29) is 36.0 Å². The third kappa shape index (κ3) is 5.64. The summed E-state index contributed by atoms with van der Waals surface area (Å²) in [7, 11) is 0. The molecule has 1 aliphatic carbocycles. The van der Waals surface area contributed by atoms with Crippen molar-refractivity contribution in [2.45, 2.75) is 63.8 Å². The Morgan fingerprint density at radius 2 is 1.86 bits per heavy atom. The Labute approximate surface area is 213 Å². The molecule has 2 saturated heterocycles. The van der Waals surface area contributed by atoms with Crippen molar-refractivity contribution < 1.29 is 32.7 Å². The van der Waals surface area contributed by atoms with Crippen LogP contribution in [0.25, 0.3) is 0 Å². The zero-order valence-corrected chi connectivity index (χ0v) is 20.9. The molecule has 1 aromatic rings. The van der Waals surface area contributed by atoms with Gasteiger partial charge in [-0.15, -0.1) is 0 Å². The molecular weight excluding hydrogens is 499 g/mol. The number of aliphatic hydroxyl groups excluding tert-OH is 1. The Hall–Kier alpha value is -2.33. The Balaban J connectivity index is 1.24. The van der Waals surface area contributed by atoms with E-state index in [1.807, 2.05) is 0 Å². The third-order valence-electron chi connectivity index (χ3n) is 7.81.